The molecular weight excluding hydrogens is 112 g/mol. The number of hydrogen-bond donors (Lipinski definition) is 0. The fourth-order valence-electron chi connectivity index (χ4n) is 1.95. The van der Waals surface area contributed by atoms with E-state index >= 15 is 0 Å². The lowest BCUT2D eigenvalue weighted by molar-refractivity contribution is 0.267. The molecule has 1 aliphatic heterocycles. The zero-order chi connectivity index (χ0) is 5.90. The lowest BCUT2D eigenvalue weighted by atomic mass is 9.96. The highest BCUT2D eigenvalue weighted by Crippen LogP contribution is 2.53. The largest absolute Gasteiger partial charge is 0.368 e. The van der Waals surface area contributed by atoms with Crippen molar-refractivity contribution >= 4 is 0 Å². The number of ether oxygens (including phenoxy) is 1. The highest BCUT2D eigenvalue weighted by molar-refractivity contribution is 5.36. The molecule has 0 aromatic rings. The monoisotopic (exact) mass is 120 g/mol. The lowest BCUT2D eigenvalue weighted by Crippen LogP contribution is -2.18. The van der Waals surface area contributed by atoms with Crippen LogP contribution in [-0.4, -0.2) is 12.2 Å². The van der Waals surface area contributed by atoms with Gasteiger partial charge in [0.05, 0.1) is 6.61 Å². The van der Waals surface area contributed by atoms with Gasteiger partial charge in [0.2, 0.25) is 0 Å². The molecule has 9 heavy (non-hydrogen) atoms. The topological polar surface area (TPSA) is 12.5 Å². The third-order valence-corrected chi connectivity index (χ3v) is 2.66. The van der Waals surface area contributed by atoms with Crippen LogP contribution in [-0.2, 0) is 4.74 Å². The minimum atomic E-state index is 0.250. The van der Waals surface area contributed by atoms with Crippen LogP contribution >= 0.6 is 0 Å². The Hall–Kier alpha value is -0.560. The van der Waals surface area contributed by atoms with Crippen molar-refractivity contribution in [1.82, 2.24) is 0 Å². The van der Waals surface area contributed by atoms with Crippen LogP contribution in [0.25, 0.3) is 0 Å². The van der Waals surface area contributed by atoms with Gasteiger partial charge in [-0.2, -0.15) is 0 Å². The molecule has 3 aliphatic rings. The second-order valence-corrected chi connectivity index (χ2v) is 3.06. The first-order chi connectivity index (χ1) is 4.42. The standard InChI is InChI=1S/C8H8O/c1-2-7-4-3-6(1)8(7)5-9-8/h1-4,6-7H,5H2. The van der Waals surface area contributed by atoms with Gasteiger partial charge in [-0.3, -0.25) is 0 Å². The maximum absolute atomic E-state index is 5.42. The summed E-state index contributed by atoms with van der Waals surface area (Å²) in [7, 11) is 0. The molecule has 2 bridgehead atoms. The number of hydrogen-bond acceptors (Lipinski definition) is 1. The molecule has 1 saturated heterocycles. The molecule has 0 atom stereocenters. The van der Waals surface area contributed by atoms with Crippen molar-refractivity contribution < 1.29 is 4.74 Å². The van der Waals surface area contributed by atoms with Gasteiger partial charge in [-0.15, -0.1) is 0 Å². The maximum Gasteiger partial charge on any atom is 0.111 e. The van der Waals surface area contributed by atoms with E-state index in [-0.39, 0.29) is 5.60 Å². The molecule has 0 saturated carbocycles. The van der Waals surface area contributed by atoms with Crippen molar-refractivity contribution in [3.05, 3.63) is 24.3 Å². The first-order valence-electron chi connectivity index (χ1n) is 3.42. The zero-order valence-electron chi connectivity index (χ0n) is 5.08. The van der Waals surface area contributed by atoms with Gasteiger partial charge in [-0.05, 0) is 0 Å². The smallest absolute Gasteiger partial charge is 0.111 e. The minimum absolute atomic E-state index is 0.250. The van der Waals surface area contributed by atoms with E-state index < -0.39 is 0 Å². The Morgan fingerprint density at radius 3 is 1.78 bits per heavy atom. The summed E-state index contributed by atoms with van der Waals surface area (Å²) in [6.07, 6.45) is 9.05. The van der Waals surface area contributed by atoms with Crippen molar-refractivity contribution in [1.29, 1.82) is 0 Å². The summed E-state index contributed by atoms with van der Waals surface area (Å²) in [6.45, 7) is 0.975. The van der Waals surface area contributed by atoms with E-state index in [1.54, 1.807) is 0 Å². The van der Waals surface area contributed by atoms with Crippen molar-refractivity contribution in [3.63, 3.8) is 0 Å². The summed E-state index contributed by atoms with van der Waals surface area (Å²) in [6, 6.07) is 0. The Bertz CT molecular complexity index is 179. The van der Waals surface area contributed by atoms with E-state index in [0.717, 1.165) is 6.61 Å². The Morgan fingerprint density at radius 1 is 1.11 bits per heavy atom. The summed E-state index contributed by atoms with van der Waals surface area (Å²) in [5, 5.41) is 0. The molecule has 0 N–H and O–H groups in total. The van der Waals surface area contributed by atoms with Crippen LogP contribution in [0.1, 0.15) is 0 Å². The zero-order valence-corrected chi connectivity index (χ0v) is 5.08. The summed E-state index contributed by atoms with van der Waals surface area (Å²) in [4.78, 5) is 0. The number of epoxide rings is 1. The average molecular weight is 120 g/mol. The normalized spacial score (nSPS) is 57.8. The summed E-state index contributed by atoms with van der Waals surface area (Å²) >= 11 is 0. The lowest BCUT2D eigenvalue weighted by Gasteiger charge is -2.07. The highest BCUT2D eigenvalue weighted by Gasteiger charge is 2.59. The van der Waals surface area contributed by atoms with E-state index in [1.165, 1.54) is 0 Å². The molecule has 1 heterocycles. The van der Waals surface area contributed by atoms with Crippen LogP contribution in [0, 0.1) is 11.8 Å². The molecule has 2 aliphatic carbocycles. The average Bonchev–Trinajstić information content (AvgIpc) is 2.53. The fourth-order valence-corrected chi connectivity index (χ4v) is 1.95. The van der Waals surface area contributed by atoms with Gasteiger partial charge in [0, 0.05) is 11.8 Å². The Labute approximate surface area is 54.0 Å². The summed E-state index contributed by atoms with van der Waals surface area (Å²) < 4.78 is 5.42. The van der Waals surface area contributed by atoms with Crippen LogP contribution in [0.3, 0.4) is 0 Å². The molecule has 1 fully saturated rings. The predicted molar refractivity (Wildman–Crippen MR) is 33.9 cm³/mol. The summed E-state index contributed by atoms with van der Waals surface area (Å²) in [5.41, 5.74) is 0.250. The van der Waals surface area contributed by atoms with E-state index in [1.807, 2.05) is 0 Å². The molecule has 1 spiro atoms. The third kappa shape index (κ3) is 0.315. The van der Waals surface area contributed by atoms with Crippen LogP contribution in [0.4, 0.5) is 0 Å². The van der Waals surface area contributed by atoms with Gasteiger partial charge in [0.15, 0.2) is 0 Å². The van der Waals surface area contributed by atoms with Gasteiger partial charge in [0.1, 0.15) is 5.60 Å². The molecule has 3 rings (SSSR count). The molecule has 0 radical (unpaired) electrons. The van der Waals surface area contributed by atoms with Gasteiger partial charge in [-0.1, -0.05) is 24.3 Å². The maximum atomic E-state index is 5.42. The number of rotatable bonds is 0. The van der Waals surface area contributed by atoms with Gasteiger partial charge in [-0.25, -0.2) is 0 Å². The first-order valence-corrected chi connectivity index (χ1v) is 3.42. The molecular formula is C8H8O. The van der Waals surface area contributed by atoms with Crippen molar-refractivity contribution in [2.75, 3.05) is 6.61 Å². The highest BCUT2D eigenvalue weighted by atomic mass is 16.6. The van der Waals surface area contributed by atoms with E-state index in [4.69, 9.17) is 4.74 Å². The van der Waals surface area contributed by atoms with Crippen molar-refractivity contribution in [2.24, 2.45) is 11.8 Å². The second kappa shape index (κ2) is 1.01. The molecule has 0 unspecified atom stereocenters. The Kier molecular flexibility index (Phi) is 0.483. The van der Waals surface area contributed by atoms with E-state index in [2.05, 4.69) is 24.3 Å². The molecule has 0 aromatic carbocycles. The van der Waals surface area contributed by atoms with E-state index in [9.17, 15) is 0 Å². The molecule has 1 heteroatoms. The van der Waals surface area contributed by atoms with E-state index in [0.29, 0.717) is 11.8 Å². The van der Waals surface area contributed by atoms with Crippen LogP contribution in [0.15, 0.2) is 24.3 Å². The van der Waals surface area contributed by atoms with Crippen molar-refractivity contribution in [3.8, 4) is 0 Å². The molecule has 0 amide bonds. The van der Waals surface area contributed by atoms with Crippen LogP contribution < -0.4 is 0 Å². The van der Waals surface area contributed by atoms with Gasteiger partial charge in [0.25, 0.3) is 0 Å². The molecule has 0 aromatic heterocycles. The van der Waals surface area contributed by atoms with Gasteiger partial charge >= 0.3 is 0 Å². The molecule has 1 nitrogen and oxygen atoms in total. The fraction of sp³-hybridized carbons (Fsp3) is 0.500. The molecule has 46 valence electrons. The van der Waals surface area contributed by atoms with Gasteiger partial charge < -0.3 is 4.74 Å². The van der Waals surface area contributed by atoms with Crippen LogP contribution in [0.5, 0.6) is 0 Å². The predicted octanol–water partition coefficient (Wildman–Crippen LogP) is 1.13. The first kappa shape index (κ1) is 4.29. The SMILES string of the molecule is C1=CC2C=CC1C21CO1. The Morgan fingerprint density at radius 2 is 1.56 bits per heavy atom. The second-order valence-electron chi connectivity index (χ2n) is 3.06. The minimum Gasteiger partial charge on any atom is -0.368 e. The Balaban J connectivity index is 2.15. The quantitative estimate of drug-likeness (QED) is 0.345. The van der Waals surface area contributed by atoms with Crippen LogP contribution in [0.2, 0.25) is 0 Å². The third-order valence-electron chi connectivity index (χ3n) is 2.66. The van der Waals surface area contributed by atoms with Crippen molar-refractivity contribution in [2.45, 2.75) is 5.60 Å². The summed E-state index contributed by atoms with van der Waals surface area (Å²) in [5.74, 6) is 1.23.